The van der Waals surface area contributed by atoms with E-state index in [1.54, 1.807) is 6.33 Å². The van der Waals surface area contributed by atoms with E-state index < -0.39 is 0 Å². The first kappa shape index (κ1) is 13.4. The SMILES string of the molecule is Cn1cnc2cc(C(C)(C)CNC(=O)NN)ccc21. The summed E-state index contributed by atoms with van der Waals surface area (Å²) in [6.45, 7) is 4.62. The maximum Gasteiger partial charge on any atom is 0.328 e. The highest BCUT2D eigenvalue weighted by Crippen LogP contribution is 2.25. The number of fused-ring (bicyclic) bond motifs is 1. The molecule has 0 aliphatic heterocycles. The summed E-state index contributed by atoms with van der Waals surface area (Å²) in [4.78, 5) is 15.5. The standard InChI is InChI=1S/C13H19N5O/c1-13(2,7-15-12(19)17-14)9-4-5-11-10(6-9)16-8-18(11)3/h4-6,8H,7,14H2,1-3H3,(H2,15,17,19). The van der Waals surface area contributed by atoms with Crippen molar-refractivity contribution in [3.63, 3.8) is 0 Å². The molecule has 2 aromatic rings. The Morgan fingerprint density at radius 2 is 2.21 bits per heavy atom. The Hall–Kier alpha value is -2.08. The number of hydrogen-bond donors (Lipinski definition) is 3. The summed E-state index contributed by atoms with van der Waals surface area (Å²) in [6, 6.07) is 5.78. The first-order chi connectivity index (χ1) is 8.94. The van der Waals surface area contributed by atoms with E-state index in [1.807, 2.05) is 17.7 Å². The van der Waals surface area contributed by atoms with Crippen molar-refractivity contribution in [2.24, 2.45) is 12.9 Å². The molecule has 0 unspecified atom stereocenters. The fourth-order valence-electron chi connectivity index (χ4n) is 2.01. The highest BCUT2D eigenvalue weighted by Gasteiger charge is 2.22. The lowest BCUT2D eigenvalue weighted by Crippen LogP contribution is -2.44. The van der Waals surface area contributed by atoms with E-state index in [0.29, 0.717) is 6.54 Å². The zero-order valence-electron chi connectivity index (χ0n) is 11.4. The number of hydrogen-bond acceptors (Lipinski definition) is 3. The van der Waals surface area contributed by atoms with Crippen molar-refractivity contribution in [2.75, 3.05) is 6.54 Å². The lowest BCUT2D eigenvalue weighted by Gasteiger charge is -2.25. The summed E-state index contributed by atoms with van der Waals surface area (Å²) in [6.07, 6.45) is 1.79. The van der Waals surface area contributed by atoms with Gasteiger partial charge in [-0.05, 0) is 17.7 Å². The molecule has 1 aromatic carbocycles. The van der Waals surface area contributed by atoms with Gasteiger partial charge in [0, 0.05) is 19.0 Å². The molecule has 0 saturated carbocycles. The van der Waals surface area contributed by atoms with Crippen molar-refractivity contribution in [3.05, 3.63) is 30.1 Å². The molecule has 1 heterocycles. The van der Waals surface area contributed by atoms with Crippen LogP contribution >= 0.6 is 0 Å². The third-order valence-corrected chi connectivity index (χ3v) is 3.33. The van der Waals surface area contributed by atoms with Gasteiger partial charge in [-0.3, -0.25) is 5.43 Å². The molecule has 0 aliphatic carbocycles. The van der Waals surface area contributed by atoms with Gasteiger partial charge < -0.3 is 9.88 Å². The quantitative estimate of drug-likeness (QED) is 0.438. The third kappa shape index (κ3) is 2.68. The highest BCUT2D eigenvalue weighted by molar-refractivity contribution is 5.76. The van der Waals surface area contributed by atoms with Crippen LogP contribution in [0.25, 0.3) is 11.0 Å². The molecule has 2 amide bonds. The Labute approximate surface area is 112 Å². The molecule has 0 spiro atoms. The van der Waals surface area contributed by atoms with Crippen molar-refractivity contribution in [2.45, 2.75) is 19.3 Å². The summed E-state index contributed by atoms with van der Waals surface area (Å²) >= 11 is 0. The number of rotatable bonds is 3. The van der Waals surface area contributed by atoms with Gasteiger partial charge in [0.25, 0.3) is 0 Å². The van der Waals surface area contributed by atoms with E-state index in [1.165, 1.54) is 0 Å². The second kappa shape index (κ2) is 4.89. The van der Waals surface area contributed by atoms with Gasteiger partial charge in [-0.2, -0.15) is 0 Å². The van der Waals surface area contributed by atoms with Gasteiger partial charge in [0.05, 0.1) is 17.4 Å². The summed E-state index contributed by atoms with van der Waals surface area (Å²) < 4.78 is 1.98. The molecule has 4 N–H and O–H groups in total. The monoisotopic (exact) mass is 261 g/mol. The molecule has 0 fully saturated rings. The first-order valence-electron chi connectivity index (χ1n) is 6.10. The number of aryl methyl sites for hydroxylation is 1. The van der Waals surface area contributed by atoms with Crippen molar-refractivity contribution in [1.82, 2.24) is 20.3 Å². The number of nitrogens with zero attached hydrogens (tertiary/aromatic N) is 2. The van der Waals surface area contributed by atoms with Crippen molar-refractivity contribution >= 4 is 17.1 Å². The highest BCUT2D eigenvalue weighted by atomic mass is 16.2. The second-order valence-electron chi connectivity index (χ2n) is 5.27. The lowest BCUT2D eigenvalue weighted by atomic mass is 9.84. The van der Waals surface area contributed by atoms with E-state index in [2.05, 4.69) is 41.7 Å². The van der Waals surface area contributed by atoms with Gasteiger partial charge in [-0.25, -0.2) is 15.6 Å². The van der Waals surface area contributed by atoms with Crippen molar-refractivity contribution in [1.29, 1.82) is 0 Å². The fraction of sp³-hybridized carbons (Fsp3) is 0.385. The molecular weight excluding hydrogens is 242 g/mol. The molecule has 6 heteroatoms. The number of imidazole rings is 1. The molecule has 6 nitrogen and oxygen atoms in total. The van der Waals surface area contributed by atoms with Crippen LogP contribution in [0, 0.1) is 0 Å². The average molecular weight is 261 g/mol. The van der Waals surface area contributed by atoms with E-state index in [-0.39, 0.29) is 11.4 Å². The normalized spacial score (nSPS) is 11.6. The topological polar surface area (TPSA) is 85.0 Å². The van der Waals surface area contributed by atoms with Crippen molar-refractivity contribution in [3.8, 4) is 0 Å². The number of urea groups is 1. The smallest absolute Gasteiger partial charge is 0.328 e. The predicted molar refractivity (Wildman–Crippen MR) is 74.5 cm³/mol. The third-order valence-electron chi connectivity index (χ3n) is 3.33. The van der Waals surface area contributed by atoms with Crippen LogP contribution in [-0.4, -0.2) is 22.1 Å². The number of carbonyl (C=O) groups is 1. The Balaban J connectivity index is 2.24. The van der Waals surface area contributed by atoms with Crippen LogP contribution in [0.4, 0.5) is 4.79 Å². The van der Waals surface area contributed by atoms with E-state index in [9.17, 15) is 4.79 Å². The number of nitrogens with two attached hydrogens (primary N) is 1. The molecule has 2 rings (SSSR count). The van der Waals surface area contributed by atoms with Crippen LogP contribution in [0.1, 0.15) is 19.4 Å². The Bertz CT molecular complexity index is 602. The number of carbonyl (C=O) groups excluding carboxylic acids is 1. The van der Waals surface area contributed by atoms with E-state index >= 15 is 0 Å². The van der Waals surface area contributed by atoms with Gasteiger partial charge in [0.1, 0.15) is 0 Å². The molecule has 0 atom stereocenters. The summed E-state index contributed by atoms with van der Waals surface area (Å²) in [5.74, 6) is 5.04. The van der Waals surface area contributed by atoms with Crippen LogP contribution < -0.4 is 16.6 Å². The number of aromatic nitrogens is 2. The Morgan fingerprint density at radius 3 is 2.89 bits per heavy atom. The number of nitrogens with one attached hydrogen (secondary N) is 2. The first-order valence-corrected chi connectivity index (χ1v) is 6.10. The van der Waals surface area contributed by atoms with Crippen LogP contribution in [0.3, 0.4) is 0 Å². The maximum absolute atomic E-state index is 11.1. The second-order valence-corrected chi connectivity index (χ2v) is 5.27. The largest absolute Gasteiger partial charge is 0.336 e. The molecule has 19 heavy (non-hydrogen) atoms. The Morgan fingerprint density at radius 1 is 1.47 bits per heavy atom. The molecule has 0 saturated heterocycles. The van der Waals surface area contributed by atoms with Gasteiger partial charge in [-0.1, -0.05) is 19.9 Å². The molecule has 1 aromatic heterocycles. The van der Waals surface area contributed by atoms with Crippen LogP contribution in [0.2, 0.25) is 0 Å². The van der Waals surface area contributed by atoms with E-state index in [0.717, 1.165) is 16.6 Å². The van der Waals surface area contributed by atoms with Gasteiger partial charge in [0.2, 0.25) is 0 Å². The predicted octanol–water partition coefficient (Wildman–Crippen LogP) is 1.02. The summed E-state index contributed by atoms with van der Waals surface area (Å²) in [5, 5.41) is 2.72. The average Bonchev–Trinajstić information content (AvgIpc) is 2.77. The molecule has 102 valence electrons. The van der Waals surface area contributed by atoms with Crippen molar-refractivity contribution < 1.29 is 4.79 Å². The number of amides is 2. The summed E-state index contributed by atoms with van der Waals surface area (Å²) in [5.41, 5.74) is 5.03. The zero-order valence-corrected chi connectivity index (χ0v) is 11.4. The van der Waals surface area contributed by atoms with Gasteiger partial charge >= 0.3 is 6.03 Å². The minimum atomic E-state index is -0.382. The lowest BCUT2D eigenvalue weighted by molar-refractivity contribution is 0.238. The molecule has 0 aliphatic rings. The number of hydrazine groups is 1. The fourth-order valence-corrected chi connectivity index (χ4v) is 2.01. The van der Waals surface area contributed by atoms with Crippen LogP contribution in [-0.2, 0) is 12.5 Å². The van der Waals surface area contributed by atoms with Crippen LogP contribution in [0.5, 0.6) is 0 Å². The van der Waals surface area contributed by atoms with E-state index in [4.69, 9.17) is 5.84 Å². The Kier molecular flexibility index (Phi) is 3.44. The number of benzene rings is 1. The summed E-state index contributed by atoms with van der Waals surface area (Å²) in [7, 11) is 1.97. The molecule has 0 bridgehead atoms. The maximum atomic E-state index is 11.1. The minimum Gasteiger partial charge on any atom is -0.336 e. The molecule has 0 radical (unpaired) electrons. The molecular formula is C13H19N5O. The van der Waals surface area contributed by atoms with Gasteiger partial charge in [-0.15, -0.1) is 0 Å². The zero-order chi connectivity index (χ0) is 14.0. The van der Waals surface area contributed by atoms with Gasteiger partial charge in [0.15, 0.2) is 0 Å². The van der Waals surface area contributed by atoms with Crippen LogP contribution in [0.15, 0.2) is 24.5 Å². The minimum absolute atomic E-state index is 0.196.